The van der Waals surface area contributed by atoms with Crippen LogP contribution in [-0.4, -0.2) is 12.1 Å². The van der Waals surface area contributed by atoms with Gasteiger partial charge >= 0.3 is 0 Å². The molecule has 1 amide bonds. The van der Waals surface area contributed by atoms with Crippen molar-refractivity contribution < 1.29 is 4.79 Å². The second kappa shape index (κ2) is 3.04. The molecule has 0 heterocycles. The van der Waals surface area contributed by atoms with Gasteiger partial charge in [0, 0.05) is 23.0 Å². The van der Waals surface area contributed by atoms with Crippen LogP contribution in [0, 0.1) is 5.41 Å². The highest BCUT2D eigenvalue weighted by atomic mass is 16.1. The molecule has 0 saturated heterocycles. The molecule has 1 rings (SSSR count). The molecule has 0 aliphatic rings. The number of benzene rings is 1. The highest BCUT2D eigenvalue weighted by molar-refractivity contribution is 5.96. The van der Waals surface area contributed by atoms with Gasteiger partial charge in [0.05, 0.1) is 0 Å². The molecule has 4 heteroatoms. The molecular formula is C8H9N3O. The zero-order valence-corrected chi connectivity index (χ0v) is 6.37. The van der Waals surface area contributed by atoms with Crippen LogP contribution in [0.2, 0.25) is 0 Å². The average Bonchev–Trinajstić information content (AvgIpc) is 2.05. The number of anilines is 1. The third-order valence-corrected chi connectivity index (χ3v) is 1.53. The summed E-state index contributed by atoms with van der Waals surface area (Å²) in [6, 6.07) is 4.58. The van der Waals surface area contributed by atoms with Gasteiger partial charge < -0.3 is 16.9 Å². The molecule has 12 heavy (non-hydrogen) atoms. The molecule has 4 nitrogen and oxygen atoms in total. The number of primary amides is 1. The Kier molecular flexibility index (Phi) is 2.09. The molecule has 0 atom stereocenters. The molecule has 0 unspecified atom stereocenters. The largest absolute Gasteiger partial charge is 0.398 e. The lowest BCUT2D eigenvalue weighted by Crippen LogP contribution is -2.11. The lowest BCUT2D eigenvalue weighted by atomic mass is 10.1. The molecule has 0 radical (unpaired) electrons. The third-order valence-electron chi connectivity index (χ3n) is 1.53. The van der Waals surface area contributed by atoms with Crippen LogP contribution in [0.3, 0.4) is 0 Å². The molecule has 1 aromatic carbocycles. The van der Waals surface area contributed by atoms with Gasteiger partial charge in [-0.15, -0.1) is 0 Å². The first-order valence-corrected chi connectivity index (χ1v) is 3.35. The minimum Gasteiger partial charge on any atom is -0.398 e. The number of hydrogen-bond acceptors (Lipinski definition) is 3. The topological polar surface area (TPSA) is 93.0 Å². The number of nitrogen functional groups attached to an aromatic ring is 1. The maximum Gasteiger partial charge on any atom is 0.248 e. The summed E-state index contributed by atoms with van der Waals surface area (Å²) in [5.74, 6) is -0.516. The predicted octanol–water partition coefficient (Wildman–Crippen LogP) is 0.365. The van der Waals surface area contributed by atoms with Crippen LogP contribution in [0.4, 0.5) is 5.69 Å². The van der Waals surface area contributed by atoms with E-state index in [4.69, 9.17) is 16.9 Å². The van der Waals surface area contributed by atoms with Gasteiger partial charge in [0.25, 0.3) is 0 Å². The summed E-state index contributed by atoms with van der Waals surface area (Å²) in [6.07, 6.45) is 1.09. The van der Waals surface area contributed by atoms with Crippen molar-refractivity contribution >= 4 is 17.8 Å². The predicted molar refractivity (Wildman–Crippen MR) is 47.3 cm³/mol. The Morgan fingerprint density at radius 1 is 1.50 bits per heavy atom. The number of carbonyl (C=O) groups is 1. The number of nitrogens with two attached hydrogens (primary N) is 2. The quantitative estimate of drug-likeness (QED) is 0.434. The van der Waals surface area contributed by atoms with E-state index in [9.17, 15) is 4.79 Å². The zero-order valence-electron chi connectivity index (χ0n) is 6.37. The van der Waals surface area contributed by atoms with Gasteiger partial charge in [0.15, 0.2) is 0 Å². The Balaban J connectivity index is 3.22. The second-order valence-electron chi connectivity index (χ2n) is 2.35. The number of rotatable bonds is 2. The normalized spacial score (nSPS) is 9.33. The maximum atomic E-state index is 10.7. The van der Waals surface area contributed by atoms with E-state index in [0.29, 0.717) is 16.8 Å². The van der Waals surface area contributed by atoms with E-state index in [1.54, 1.807) is 6.07 Å². The van der Waals surface area contributed by atoms with Crippen molar-refractivity contribution in [1.82, 2.24) is 0 Å². The van der Waals surface area contributed by atoms with E-state index in [-0.39, 0.29) is 0 Å². The summed E-state index contributed by atoms with van der Waals surface area (Å²) in [6.45, 7) is 0. The molecule has 62 valence electrons. The highest BCUT2D eigenvalue weighted by Crippen LogP contribution is 2.11. The smallest absolute Gasteiger partial charge is 0.248 e. The number of hydrogen-bond donors (Lipinski definition) is 3. The van der Waals surface area contributed by atoms with Gasteiger partial charge in [-0.2, -0.15) is 0 Å². The summed E-state index contributed by atoms with van der Waals surface area (Å²) in [7, 11) is 0. The van der Waals surface area contributed by atoms with Crippen LogP contribution in [-0.2, 0) is 0 Å². The van der Waals surface area contributed by atoms with Crippen LogP contribution < -0.4 is 11.5 Å². The highest BCUT2D eigenvalue weighted by Gasteiger charge is 2.02. The number of carbonyl (C=O) groups excluding carboxylic acids is 1. The van der Waals surface area contributed by atoms with Crippen LogP contribution in [0.1, 0.15) is 15.9 Å². The van der Waals surface area contributed by atoms with E-state index < -0.39 is 5.91 Å². The van der Waals surface area contributed by atoms with Gasteiger partial charge in [-0.1, -0.05) is 0 Å². The fourth-order valence-corrected chi connectivity index (χ4v) is 0.853. The van der Waals surface area contributed by atoms with Crippen molar-refractivity contribution in [3.05, 3.63) is 29.3 Å². The molecular weight excluding hydrogens is 154 g/mol. The Labute approximate surface area is 69.7 Å². The fraction of sp³-hybridized carbons (Fsp3) is 0. The summed E-state index contributed by atoms with van der Waals surface area (Å²) >= 11 is 0. The Hall–Kier alpha value is -1.84. The lowest BCUT2D eigenvalue weighted by Gasteiger charge is -2.00. The van der Waals surface area contributed by atoms with Crippen molar-refractivity contribution in [3.8, 4) is 0 Å². The fourth-order valence-electron chi connectivity index (χ4n) is 0.853. The second-order valence-corrected chi connectivity index (χ2v) is 2.35. The summed E-state index contributed by atoms with van der Waals surface area (Å²) in [5.41, 5.74) is 11.9. The molecule has 0 aliphatic heterocycles. The Morgan fingerprint density at radius 3 is 2.67 bits per heavy atom. The first-order valence-electron chi connectivity index (χ1n) is 3.35. The molecule has 0 bridgehead atoms. The van der Waals surface area contributed by atoms with E-state index in [0.717, 1.165) is 6.21 Å². The van der Waals surface area contributed by atoms with E-state index in [2.05, 4.69) is 0 Å². The molecule has 0 aromatic heterocycles. The van der Waals surface area contributed by atoms with Gasteiger partial charge in [-0.25, -0.2) is 0 Å². The van der Waals surface area contributed by atoms with Crippen LogP contribution in [0.15, 0.2) is 18.2 Å². The van der Waals surface area contributed by atoms with Gasteiger partial charge in [0.1, 0.15) is 0 Å². The molecule has 0 fully saturated rings. The van der Waals surface area contributed by atoms with Gasteiger partial charge in [0.2, 0.25) is 5.91 Å². The van der Waals surface area contributed by atoms with Crippen LogP contribution in [0.5, 0.6) is 0 Å². The van der Waals surface area contributed by atoms with Crippen LogP contribution in [0.25, 0.3) is 0 Å². The summed E-state index contributed by atoms with van der Waals surface area (Å²) < 4.78 is 0. The van der Waals surface area contributed by atoms with Crippen LogP contribution >= 0.6 is 0 Å². The zero-order chi connectivity index (χ0) is 9.14. The van der Waals surface area contributed by atoms with Gasteiger partial charge in [-0.05, 0) is 18.2 Å². The van der Waals surface area contributed by atoms with Crippen molar-refractivity contribution in [2.24, 2.45) is 5.73 Å². The SMILES string of the molecule is N=Cc1cc(C(N)=O)ccc1N. The molecule has 1 aromatic rings. The Bertz CT molecular complexity index is 333. The molecule has 0 spiro atoms. The third kappa shape index (κ3) is 1.42. The molecule has 0 aliphatic carbocycles. The minimum atomic E-state index is -0.516. The standard InChI is InChI=1S/C8H9N3O/c9-4-6-3-5(8(11)12)1-2-7(6)10/h1-4,9H,10H2,(H2,11,12). The maximum absolute atomic E-state index is 10.7. The van der Waals surface area contributed by atoms with E-state index >= 15 is 0 Å². The van der Waals surface area contributed by atoms with Crippen molar-refractivity contribution in [3.63, 3.8) is 0 Å². The van der Waals surface area contributed by atoms with Crippen molar-refractivity contribution in [1.29, 1.82) is 5.41 Å². The summed E-state index contributed by atoms with van der Waals surface area (Å²) in [4.78, 5) is 10.7. The monoisotopic (exact) mass is 163 g/mol. The van der Waals surface area contributed by atoms with Gasteiger partial charge in [-0.3, -0.25) is 4.79 Å². The lowest BCUT2D eigenvalue weighted by molar-refractivity contribution is 0.100. The molecule has 5 N–H and O–H groups in total. The Morgan fingerprint density at radius 2 is 2.17 bits per heavy atom. The minimum absolute atomic E-state index is 0.364. The average molecular weight is 163 g/mol. The van der Waals surface area contributed by atoms with Crippen molar-refractivity contribution in [2.75, 3.05) is 5.73 Å². The van der Waals surface area contributed by atoms with Crippen molar-refractivity contribution in [2.45, 2.75) is 0 Å². The molecule has 0 saturated carbocycles. The number of nitrogens with one attached hydrogen (secondary N) is 1. The van der Waals surface area contributed by atoms with E-state index in [1.807, 2.05) is 0 Å². The number of amides is 1. The first-order chi connectivity index (χ1) is 5.65. The first kappa shape index (κ1) is 8.26. The summed E-state index contributed by atoms with van der Waals surface area (Å²) in [5, 5.41) is 6.97. The van der Waals surface area contributed by atoms with E-state index in [1.165, 1.54) is 12.1 Å².